The third-order valence-corrected chi connectivity index (χ3v) is 4.39. The lowest BCUT2D eigenvalue weighted by atomic mass is 10.2. The van der Waals surface area contributed by atoms with E-state index in [-0.39, 0.29) is 5.89 Å². The maximum absolute atomic E-state index is 6.29. The molecule has 2 heterocycles. The smallest absolute Gasteiger partial charge is 0.269 e. The first-order valence-corrected chi connectivity index (χ1v) is 8.47. The van der Waals surface area contributed by atoms with Crippen molar-refractivity contribution in [1.82, 2.24) is 10.1 Å². The van der Waals surface area contributed by atoms with Crippen molar-refractivity contribution in [3.05, 3.63) is 45.4 Å². The van der Waals surface area contributed by atoms with E-state index < -0.39 is 0 Å². The van der Waals surface area contributed by atoms with Crippen LogP contribution >= 0.6 is 34.5 Å². The van der Waals surface area contributed by atoms with Crippen LogP contribution < -0.4 is 9.47 Å². The summed E-state index contributed by atoms with van der Waals surface area (Å²) in [5.41, 5.74) is 1.60. The molecule has 8 heteroatoms. The predicted molar refractivity (Wildman–Crippen MR) is 95.9 cm³/mol. The molecule has 124 valence electrons. The van der Waals surface area contributed by atoms with Gasteiger partial charge in [0.25, 0.3) is 5.89 Å². The molecule has 24 heavy (non-hydrogen) atoms. The van der Waals surface area contributed by atoms with Gasteiger partial charge in [0, 0.05) is 10.9 Å². The minimum absolute atomic E-state index is 0.226. The van der Waals surface area contributed by atoms with Crippen LogP contribution in [0.15, 0.2) is 33.5 Å². The van der Waals surface area contributed by atoms with Crippen molar-refractivity contribution in [2.45, 2.75) is 0 Å². The number of thiophene rings is 1. The van der Waals surface area contributed by atoms with Crippen LogP contribution in [0.4, 0.5) is 0 Å². The lowest BCUT2D eigenvalue weighted by Gasteiger charge is -2.10. The van der Waals surface area contributed by atoms with E-state index in [1.807, 2.05) is 16.8 Å². The number of rotatable bonds is 5. The molecule has 0 aliphatic carbocycles. The van der Waals surface area contributed by atoms with Gasteiger partial charge in [-0.1, -0.05) is 28.4 Å². The Labute approximate surface area is 152 Å². The number of nitrogens with zero attached hydrogens (tertiary/aromatic N) is 2. The molecule has 3 rings (SSSR count). The summed E-state index contributed by atoms with van der Waals surface area (Å²) >= 11 is 14.0. The van der Waals surface area contributed by atoms with Crippen LogP contribution in [0, 0.1) is 0 Å². The van der Waals surface area contributed by atoms with Gasteiger partial charge >= 0.3 is 0 Å². The Balaban J connectivity index is 1.92. The quantitative estimate of drug-likeness (QED) is 0.606. The maximum atomic E-state index is 6.29. The molecule has 3 aromatic rings. The van der Waals surface area contributed by atoms with Crippen molar-refractivity contribution in [2.75, 3.05) is 14.2 Å². The minimum Gasteiger partial charge on any atom is -0.493 e. The fourth-order valence-corrected chi connectivity index (χ4v) is 3.19. The van der Waals surface area contributed by atoms with E-state index in [2.05, 4.69) is 10.1 Å². The van der Waals surface area contributed by atoms with Crippen LogP contribution in [0.25, 0.3) is 22.5 Å². The van der Waals surface area contributed by atoms with Gasteiger partial charge in [0.2, 0.25) is 5.82 Å². The number of hydrogen-bond acceptors (Lipinski definition) is 6. The van der Waals surface area contributed by atoms with Crippen molar-refractivity contribution >= 4 is 45.6 Å². The summed E-state index contributed by atoms with van der Waals surface area (Å²) in [5.74, 6) is 1.68. The molecule has 1 aromatic carbocycles. The fourth-order valence-electron chi connectivity index (χ4n) is 2.06. The van der Waals surface area contributed by atoms with Gasteiger partial charge in [-0.2, -0.15) is 16.3 Å². The van der Waals surface area contributed by atoms with Gasteiger partial charge in [0.05, 0.1) is 19.2 Å². The second-order valence-electron chi connectivity index (χ2n) is 4.67. The topological polar surface area (TPSA) is 57.4 Å². The summed E-state index contributed by atoms with van der Waals surface area (Å²) in [6, 6.07) is 5.37. The van der Waals surface area contributed by atoms with Crippen LogP contribution in [-0.4, -0.2) is 24.4 Å². The molecule has 0 atom stereocenters. The highest BCUT2D eigenvalue weighted by Gasteiger charge is 2.14. The fraction of sp³-hybridized carbons (Fsp3) is 0.125. The van der Waals surface area contributed by atoms with Crippen LogP contribution in [0.5, 0.6) is 11.5 Å². The Bertz CT molecular complexity index is 876. The first-order chi connectivity index (χ1) is 11.6. The molecular formula is C16H12Cl2N2O3S. The highest BCUT2D eigenvalue weighted by molar-refractivity contribution is 7.08. The van der Waals surface area contributed by atoms with Gasteiger partial charge in [0.1, 0.15) is 5.03 Å². The number of benzene rings is 1. The van der Waals surface area contributed by atoms with Gasteiger partial charge < -0.3 is 14.0 Å². The van der Waals surface area contributed by atoms with Crippen molar-refractivity contribution in [2.24, 2.45) is 0 Å². The van der Waals surface area contributed by atoms with Gasteiger partial charge in [0.15, 0.2) is 11.5 Å². The molecule has 0 N–H and O–H groups in total. The molecule has 0 bridgehead atoms. The number of methoxy groups -OCH3 is 2. The highest BCUT2D eigenvalue weighted by Crippen LogP contribution is 2.37. The second-order valence-corrected chi connectivity index (χ2v) is 6.26. The zero-order valence-corrected chi connectivity index (χ0v) is 15.1. The maximum Gasteiger partial charge on any atom is 0.269 e. The number of hydrogen-bond donors (Lipinski definition) is 0. The zero-order valence-electron chi connectivity index (χ0n) is 12.7. The number of halogens is 2. The molecule has 0 fully saturated rings. The Kier molecular flexibility index (Phi) is 5.08. The summed E-state index contributed by atoms with van der Waals surface area (Å²) in [6.45, 7) is 0. The van der Waals surface area contributed by atoms with Gasteiger partial charge in [-0.15, -0.1) is 0 Å². The van der Waals surface area contributed by atoms with Crippen molar-refractivity contribution in [3.63, 3.8) is 0 Å². The van der Waals surface area contributed by atoms with E-state index in [9.17, 15) is 0 Å². The highest BCUT2D eigenvalue weighted by atomic mass is 35.5. The SMILES string of the molecule is COc1cc(C=C(Cl)c2nc(-c3ccsc3)no2)cc(Cl)c1OC. The lowest BCUT2D eigenvalue weighted by molar-refractivity contribution is 0.355. The van der Waals surface area contributed by atoms with Gasteiger partial charge in [-0.05, 0) is 35.2 Å². The Hall–Kier alpha value is -2.02. The number of aromatic nitrogens is 2. The largest absolute Gasteiger partial charge is 0.493 e. The predicted octanol–water partition coefficient (Wildman–Crippen LogP) is 5.21. The molecular weight excluding hydrogens is 371 g/mol. The standard InChI is InChI=1S/C16H12Cl2N2O3S/c1-21-13-7-9(5-11(17)14(13)22-2)6-12(18)16-19-15(20-23-16)10-3-4-24-8-10/h3-8H,1-2H3. The molecule has 0 aliphatic rings. The third kappa shape index (κ3) is 3.40. The lowest BCUT2D eigenvalue weighted by Crippen LogP contribution is -1.92. The monoisotopic (exact) mass is 382 g/mol. The van der Waals surface area contributed by atoms with Crippen molar-refractivity contribution < 1.29 is 14.0 Å². The summed E-state index contributed by atoms with van der Waals surface area (Å²) in [7, 11) is 3.06. The molecule has 0 saturated heterocycles. The van der Waals surface area contributed by atoms with E-state index >= 15 is 0 Å². The molecule has 0 radical (unpaired) electrons. The third-order valence-electron chi connectivity index (χ3n) is 3.16. The second kappa shape index (κ2) is 7.25. The van der Waals surface area contributed by atoms with Crippen LogP contribution in [-0.2, 0) is 0 Å². The van der Waals surface area contributed by atoms with E-state index in [1.165, 1.54) is 14.2 Å². The number of ether oxygens (including phenoxy) is 2. The molecule has 2 aromatic heterocycles. The van der Waals surface area contributed by atoms with Crippen molar-refractivity contribution in [3.8, 4) is 22.9 Å². The Morgan fingerprint density at radius 1 is 1.29 bits per heavy atom. The molecule has 0 amide bonds. The molecule has 0 unspecified atom stereocenters. The van der Waals surface area contributed by atoms with Gasteiger partial charge in [-0.25, -0.2) is 0 Å². The summed E-state index contributed by atoms with van der Waals surface area (Å²) in [6.07, 6.45) is 1.67. The molecule has 0 aliphatic heterocycles. The molecule has 5 nitrogen and oxygen atoms in total. The normalized spacial score (nSPS) is 11.6. The Morgan fingerprint density at radius 3 is 2.79 bits per heavy atom. The zero-order chi connectivity index (χ0) is 17.1. The summed E-state index contributed by atoms with van der Waals surface area (Å²) in [4.78, 5) is 4.29. The van der Waals surface area contributed by atoms with Crippen molar-refractivity contribution in [1.29, 1.82) is 0 Å². The van der Waals surface area contributed by atoms with E-state index in [4.69, 9.17) is 37.2 Å². The average molecular weight is 383 g/mol. The van der Waals surface area contributed by atoms with E-state index in [0.717, 1.165) is 11.1 Å². The first kappa shape index (κ1) is 16.8. The molecule has 0 saturated carbocycles. The Morgan fingerprint density at radius 2 is 2.12 bits per heavy atom. The first-order valence-electron chi connectivity index (χ1n) is 6.77. The van der Waals surface area contributed by atoms with Crippen LogP contribution in [0.2, 0.25) is 5.02 Å². The molecule has 0 spiro atoms. The van der Waals surface area contributed by atoms with Crippen LogP contribution in [0.3, 0.4) is 0 Å². The van der Waals surface area contributed by atoms with Crippen LogP contribution in [0.1, 0.15) is 11.5 Å². The summed E-state index contributed by atoms with van der Waals surface area (Å²) in [5, 5.41) is 8.51. The van der Waals surface area contributed by atoms with Gasteiger partial charge in [-0.3, -0.25) is 0 Å². The van der Waals surface area contributed by atoms with E-state index in [1.54, 1.807) is 29.5 Å². The van der Waals surface area contributed by atoms with E-state index in [0.29, 0.717) is 27.4 Å². The summed E-state index contributed by atoms with van der Waals surface area (Å²) < 4.78 is 15.7. The average Bonchev–Trinajstić information content (AvgIpc) is 3.25. The minimum atomic E-state index is 0.226.